The number of aryl methyl sites for hydroxylation is 2. The van der Waals surface area contributed by atoms with E-state index in [2.05, 4.69) is 15.7 Å². The third kappa shape index (κ3) is 3.90. The average Bonchev–Trinajstić information content (AvgIpc) is 2.44. The fourth-order valence-electron chi connectivity index (χ4n) is 1.18. The molecular formula is C10H19N5O. The van der Waals surface area contributed by atoms with E-state index in [1.165, 1.54) is 0 Å². The molecule has 0 aromatic carbocycles. The van der Waals surface area contributed by atoms with Crippen molar-refractivity contribution in [1.82, 2.24) is 20.0 Å². The molecule has 6 heteroatoms. The van der Waals surface area contributed by atoms with Gasteiger partial charge in [-0.25, -0.2) is 4.79 Å². The maximum absolute atomic E-state index is 11.4. The van der Waals surface area contributed by atoms with Crippen molar-refractivity contribution in [1.29, 1.82) is 0 Å². The molecule has 0 saturated heterocycles. The lowest BCUT2D eigenvalue weighted by Crippen LogP contribution is -2.34. The molecule has 0 aliphatic carbocycles. The summed E-state index contributed by atoms with van der Waals surface area (Å²) in [5.74, 6) is 0.572. The van der Waals surface area contributed by atoms with Crippen molar-refractivity contribution >= 4 is 11.8 Å². The Bertz CT molecular complexity index is 339. The Morgan fingerprint density at radius 2 is 2.25 bits per heavy atom. The lowest BCUT2D eigenvalue weighted by atomic mass is 10.4. The second kappa shape index (κ2) is 5.50. The number of carbonyl (C=O) groups is 1. The second-order valence-corrected chi connectivity index (χ2v) is 3.98. The number of nitrogens with zero attached hydrogens (tertiary/aromatic N) is 3. The number of likely N-dealkylation sites (N-methyl/N-ethyl adjacent to an activating group) is 1. The van der Waals surface area contributed by atoms with Crippen molar-refractivity contribution in [2.75, 3.05) is 32.5 Å². The third-order valence-electron chi connectivity index (χ3n) is 2.20. The van der Waals surface area contributed by atoms with Crippen molar-refractivity contribution in [3.05, 3.63) is 11.8 Å². The predicted molar refractivity (Wildman–Crippen MR) is 63.5 cm³/mol. The fourth-order valence-corrected chi connectivity index (χ4v) is 1.18. The van der Waals surface area contributed by atoms with Crippen molar-refractivity contribution in [2.45, 2.75) is 6.92 Å². The van der Waals surface area contributed by atoms with E-state index in [1.807, 2.05) is 39.0 Å². The molecule has 1 aromatic heterocycles. The number of rotatable bonds is 4. The predicted octanol–water partition coefficient (Wildman–Crippen LogP) is 0.412. The van der Waals surface area contributed by atoms with E-state index < -0.39 is 0 Å². The van der Waals surface area contributed by atoms with Crippen LogP contribution in [0.2, 0.25) is 0 Å². The van der Waals surface area contributed by atoms with Crippen LogP contribution in [0.1, 0.15) is 5.69 Å². The van der Waals surface area contributed by atoms with Gasteiger partial charge in [-0.15, -0.1) is 0 Å². The number of anilines is 1. The molecule has 0 aliphatic rings. The van der Waals surface area contributed by atoms with Crippen LogP contribution in [0.25, 0.3) is 0 Å². The van der Waals surface area contributed by atoms with Crippen LogP contribution < -0.4 is 10.6 Å². The van der Waals surface area contributed by atoms with Crippen LogP contribution in [0, 0.1) is 6.92 Å². The summed E-state index contributed by atoms with van der Waals surface area (Å²) in [4.78, 5) is 13.4. The normalized spacial score (nSPS) is 10.6. The van der Waals surface area contributed by atoms with E-state index in [-0.39, 0.29) is 6.03 Å². The minimum absolute atomic E-state index is 0.222. The molecule has 0 atom stereocenters. The monoisotopic (exact) mass is 225 g/mol. The Kier molecular flexibility index (Phi) is 4.30. The van der Waals surface area contributed by atoms with Crippen molar-refractivity contribution in [2.24, 2.45) is 7.05 Å². The molecule has 0 aliphatic heterocycles. The van der Waals surface area contributed by atoms with E-state index in [4.69, 9.17) is 0 Å². The van der Waals surface area contributed by atoms with Gasteiger partial charge in [0.15, 0.2) is 5.82 Å². The summed E-state index contributed by atoms with van der Waals surface area (Å²) in [6.07, 6.45) is 0. The summed E-state index contributed by atoms with van der Waals surface area (Å²) in [6.45, 7) is 3.36. The second-order valence-electron chi connectivity index (χ2n) is 3.98. The number of hydrogen-bond acceptors (Lipinski definition) is 3. The summed E-state index contributed by atoms with van der Waals surface area (Å²) < 4.78 is 1.72. The minimum Gasteiger partial charge on any atom is -0.337 e. The Hall–Kier alpha value is -1.56. The molecule has 2 amide bonds. The minimum atomic E-state index is -0.222. The topological polar surface area (TPSA) is 62.2 Å². The molecule has 0 saturated carbocycles. The molecule has 6 nitrogen and oxygen atoms in total. The Morgan fingerprint density at radius 1 is 1.56 bits per heavy atom. The summed E-state index contributed by atoms with van der Waals surface area (Å²) in [5.41, 5.74) is 1.00. The molecule has 1 heterocycles. The van der Waals surface area contributed by atoms with E-state index in [9.17, 15) is 4.79 Å². The van der Waals surface area contributed by atoms with Crippen LogP contribution in [-0.4, -0.2) is 47.9 Å². The van der Waals surface area contributed by atoms with Crippen molar-refractivity contribution in [3.8, 4) is 0 Å². The highest BCUT2D eigenvalue weighted by Gasteiger charge is 2.05. The lowest BCUT2D eigenvalue weighted by molar-refractivity contribution is 0.250. The maximum Gasteiger partial charge on any atom is 0.320 e. The smallest absolute Gasteiger partial charge is 0.320 e. The van der Waals surface area contributed by atoms with Gasteiger partial charge in [-0.05, 0) is 21.0 Å². The zero-order valence-electron chi connectivity index (χ0n) is 10.2. The molecule has 0 radical (unpaired) electrons. The van der Waals surface area contributed by atoms with Crippen LogP contribution in [0.5, 0.6) is 0 Å². The van der Waals surface area contributed by atoms with Crippen LogP contribution in [0.3, 0.4) is 0 Å². The zero-order chi connectivity index (χ0) is 12.1. The first-order valence-electron chi connectivity index (χ1n) is 5.19. The van der Waals surface area contributed by atoms with E-state index >= 15 is 0 Å². The van der Waals surface area contributed by atoms with E-state index in [0.29, 0.717) is 12.4 Å². The Morgan fingerprint density at radius 3 is 2.75 bits per heavy atom. The molecule has 1 aromatic rings. The summed E-state index contributed by atoms with van der Waals surface area (Å²) in [5, 5.41) is 9.55. The molecule has 16 heavy (non-hydrogen) atoms. The zero-order valence-corrected chi connectivity index (χ0v) is 10.2. The Balaban J connectivity index is 2.34. The number of aromatic nitrogens is 2. The average molecular weight is 225 g/mol. The molecule has 0 bridgehead atoms. The summed E-state index contributed by atoms with van der Waals surface area (Å²) >= 11 is 0. The highest BCUT2D eigenvalue weighted by atomic mass is 16.2. The van der Waals surface area contributed by atoms with Gasteiger partial charge >= 0.3 is 6.03 Å². The molecular weight excluding hydrogens is 206 g/mol. The highest BCUT2D eigenvalue weighted by Crippen LogP contribution is 2.05. The molecule has 0 unspecified atom stereocenters. The van der Waals surface area contributed by atoms with Crippen molar-refractivity contribution < 1.29 is 4.79 Å². The number of carbonyl (C=O) groups excluding carboxylic acids is 1. The largest absolute Gasteiger partial charge is 0.337 e. The van der Waals surface area contributed by atoms with E-state index in [0.717, 1.165) is 12.2 Å². The lowest BCUT2D eigenvalue weighted by Gasteiger charge is -2.10. The van der Waals surface area contributed by atoms with Gasteiger partial charge in [0.1, 0.15) is 0 Å². The molecule has 0 spiro atoms. The molecule has 2 N–H and O–H groups in total. The van der Waals surface area contributed by atoms with Gasteiger partial charge in [0.05, 0.1) is 0 Å². The van der Waals surface area contributed by atoms with Crippen molar-refractivity contribution in [3.63, 3.8) is 0 Å². The van der Waals surface area contributed by atoms with E-state index in [1.54, 1.807) is 4.68 Å². The van der Waals surface area contributed by atoms with Crippen LogP contribution in [0.15, 0.2) is 6.07 Å². The molecule has 90 valence electrons. The van der Waals surface area contributed by atoms with Gasteiger partial charge in [0, 0.05) is 31.9 Å². The van der Waals surface area contributed by atoms with Gasteiger partial charge in [-0.1, -0.05) is 0 Å². The fraction of sp³-hybridized carbons (Fsp3) is 0.600. The van der Waals surface area contributed by atoms with Crippen LogP contribution >= 0.6 is 0 Å². The first-order chi connectivity index (χ1) is 7.49. The van der Waals surface area contributed by atoms with Gasteiger partial charge in [0.2, 0.25) is 0 Å². The summed E-state index contributed by atoms with van der Waals surface area (Å²) in [7, 11) is 5.76. The summed E-state index contributed by atoms with van der Waals surface area (Å²) in [6, 6.07) is 1.60. The van der Waals surface area contributed by atoms with Gasteiger partial charge in [-0.2, -0.15) is 5.10 Å². The van der Waals surface area contributed by atoms with Crippen LogP contribution in [0.4, 0.5) is 10.6 Å². The number of hydrogen-bond donors (Lipinski definition) is 2. The first kappa shape index (κ1) is 12.5. The molecule has 0 fully saturated rings. The highest BCUT2D eigenvalue weighted by molar-refractivity contribution is 5.88. The van der Waals surface area contributed by atoms with Gasteiger partial charge < -0.3 is 10.2 Å². The number of amides is 2. The van der Waals surface area contributed by atoms with Crippen LogP contribution in [-0.2, 0) is 7.05 Å². The SMILES string of the molecule is Cc1cc(NC(=O)NCCN(C)C)nn1C. The quantitative estimate of drug-likeness (QED) is 0.780. The standard InChI is InChI=1S/C10H19N5O/c1-8-7-9(13-15(8)4)12-10(16)11-5-6-14(2)3/h7H,5-6H2,1-4H3,(H2,11,12,13,16). The molecule has 1 rings (SSSR count). The first-order valence-corrected chi connectivity index (χ1v) is 5.19. The third-order valence-corrected chi connectivity index (χ3v) is 2.20. The van der Waals surface area contributed by atoms with Gasteiger partial charge in [0.25, 0.3) is 0 Å². The maximum atomic E-state index is 11.4. The number of nitrogens with one attached hydrogen (secondary N) is 2. The number of urea groups is 1. The van der Waals surface area contributed by atoms with Gasteiger partial charge in [-0.3, -0.25) is 10.00 Å². The Labute approximate surface area is 95.6 Å².